The first-order valence-electron chi connectivity index (χ1n) is 7.94. The number of carbonyl (C=O) groups is 1. The molecule has 1 saturated heterocycles. The molecule has 0 spiro atoms. The van der Waals surface area contributed by atoms with Crippen molar-refractivity contribution in [3.8, 4) is 0 Å². The Balaban J connectivity index is 1.93. The summed E-state index contributed by atoms with van der Waals surface area (Å²) >= 11 is 14.3. The highest BCUT2D eigenvalue weighted by Crippen LogP contribution is 2.39. The van der Waals surface area contributed by atoms with Crippen LogP contribution in [0.2, 0.25) is 10.0 Å². The summed E-state index contributed by atoms with van der Waals surface area (Å²) in [7, 11) is 0. The van der Waals surface area contributed by atoms with E-state index in [1.807, 2.05) is 12.1 Å². The zero-order valence-electron chi connectivity index (χ0n) is 13.3. The molecule has 1 N–H and O–H groups in total. The van der Waals surface area contributed by atoms with Gasteiger partial charge in [0.05, 0.1) is 12.0 Å². The van der Waals surface area contributed by atoms with Crippen LogP contribution < -0.4 is 0 Å². The summed E-state index contributed by atoms with van der Waals surface area (Å²) in [5, 5.41) is 10.5. The van der Waals surface area contributed by atoms with Crippen LogP contribution in [0, 0.1) is 12.8 Å². The summed E-state index contributed by atoms with van der Waals surface area (Å²) in [6.45, 7) is 3.58. The average Bonchev–Trinajstić information content (AvgIpc) is 2.96. The van der Waals surface area contributed by atoms with Crippen molar-refractivity contribution in [2.75, 3.05) is 13.1 Å². The number of piperidine rings is 1. The molecule has 0 saturated carbocycles. The van der Waals surface area contributed by atoms with Crippen molar-refractivity contribution in [3.63, 3.8) is 0 Å². The molecule has 1 aromatic carbocycles. The van der Waals surface area contributed by atoms with Gasteiger partial charge in [-0.25, -0.2) is 0 Å². The number of aliphatic carboxylic acids is 1. The molecule has 0 radical (unpaired) electrons. The van der Waals surface area contributed by atoms with E-state index in [0.717, 1.165) is 18.7 Å². The van der Waals surface area contributed by atoms with Gasteiger partial charge in [-0.2, -0.15) is 0 Å². The summed E-state index contributed by atoms with van der Waals surface area (Å²) in [6, 6.07) is 9.91. The number of thiophene rings is 1. The molecule has 3 rings (SSSR count). The summed E-state index contributed by atoms with van der Waals surface area (Å²) in [5.74, 6) is -0.935. The summed E-state index contributed by atoms with van der Waals surface area (Å²) in [5.41, 5.74) is 1.02. The number of carboxylic acids is 1. The van der Waals surface area contributed by atoms with Gasteiger partial charge >= 0.3 is 5.97 Å². The third kappa shape index (κ3) is 3.77. The second-order valence-corrected chi connectivity index (χ2v) is 8.33. The third-order valence-electron chi connectivity index (χ3n) is 4.53. The Kier molecular flexibility index (Phi) is 5.50. The number of hydrogen-bond acceptors (Lipinski definition) is 3. The Bertz CT molecular complexity index is 738. The highest BCUT2D eigenvalue weighted by atomic mass is 35.5. The molecule has 128 valence electrons. The number of rotatable bonds is 4. The zero-order valence-corrected chi connectivity index (χ0v) is 15.7. The maximum absolute atomic E-state index is 11.2. The quantitative estimate of drug-likeness (QED) is 0.783. The van der Waals surface area contributed by atoms with Gasteiger partial charge in [-0.05, 0) is 62.7 Å². The van der Waals surface area contributed by atoms with Crippen LogP contribution in [0.25, 0.3) is 0 Å². The number of carboxylic acid groups (broad SMARTS) is 1. The first kappa shape index (κ1) is 17.7. The number of halogens is 2. The predicted molar refractivity (Wildman–Crippen MR) is 99.3 cm³/mol. The van der Waals surface area contributed by atoms with Crippen LogP contribution in [0.1, 0.15) is 34.2 Å². The fourth-order valence-electron chi connectivity index (χ4n) is 3.26. The normalized spacial score (nSPS) is 17.8. The van der Waals surface area contributed by atoms with Crippen molar-refractivity contribution in [3.05, 3.63) is 55.7 Å². The van der Waals surface area contributed by atoms with Gasteiger partial charge in [0.25, 0.3) is 0 Å². The van der Waals surface area contributed by atoms with Crippen LogP contribution in [0.15, 0.2) is 30.3 Å². The molecular weight excluding hydrogens is 365 g/mol. The van der Waals surface area contributed by atoms with Crippen LogP contribution in [-0.2, 0) is 4.79 Å². The lowest BCUT2D eigenvalue weighted by atomic mass is 9.94. The van der Waals surface area contributed by atoms with Crippen molar-refractivity contribution in [1.82, 2.24) is 4.90 Å². The lowest BCUT2D eigenvalue weighted by Gasteiger charge is -2.36. The first-order valence-corrected chi connectivity index (χ1v) is 9.51. The van der Waals surface area contributed by atoms with Gasteiger partial charge in [0.15, 0.2) is 0 Å². The summed E-state index contributed by atoms with van der Waals surface area (Å²) in [4.78, 5) is 16.0. The van der Waals surface area contributed by atoms with Gasteiger partial charge in [0, 0.05) is 19.8 Å². The van der Waals surface area contributed by atoms with E-state index in [1.165, 1.54) is 9.75 Å². The Morgan fingerprint density at radius 2 is 1.96 bits per heavy atom. The van der Waals surface area contributed by atoms with Gasteiger partial charge in [-0.3, -0.25) is 9.69 Å². The molecule has 1 aromatic heterocycles. The molecular formula is C18H19Cl2NO2S. The summed E-state index contributed by atoms with van der Waals surface area (Å²) in [6.07, 6.45) is 1.34. The SMILES string of the molecule is Cc1ccc(C(c2ccc(Cl)cc2Cl)N2CCC(C(=O)O)CC2)s1. The van der Waals surface area contributed by atoms with E-state index in [-0.39, 0.29) is 12.0 Å². The van der Waals surface area contributed by atoms with Gasteiger partial charge in [-0.1, -0.05) is 29.3 Å². The van der Waals surface area contributed by atoms with Crippen molar-refractivity contribution < 1.29 is 9.90 Å². The maximum atomic E-state index is 11.2. The number of benzene rings is 1. The summed E-state index contributed by atoms with van der Waals surface area (Å²) < 4.78 is 0. The maximum Gasteiger partial charge on any atom is 0.306 e. The highest BCUT2D eigenvalue weighted by molar-refractivity contribution is 7.12. The third-order valence-corrected chi connectivity index (χ3v) is 6.15. The molecule has 0 aliphatic carbocycles. The van der Waals surface area contributed by atoms with Crippen LogP contribution in [0.3, 0.4) is 0 Å². The molecule has 1 fully saturated rings. The fraction of sp³-hybridized carbons (Fsp3) is 0.389. The monoisotopic (exact) mass is 383 g/mol. The van der Waals surface area contributed by atoms with E-state index < -0.39 is 5.97 Å². The van der Waals surface area contributed by atoms with Crippen molar-refractivity contribution in [2.45, 2.75) is 25.8 Å². The van der Waals surface area contributed by atoms with E-state index in [1.54, 1.807) is 17.4 Å². The van der Waals surface area contributed by atoms with Gasteiger partial charge in [0.2, 0.25) is 0 Å². The lowest BCUT2D eigenvalue weighted by Crippen LogP contribution is -2.39. The fourth-order valence-corrected chi connectivity index (χ4v) is 4.80. The lowest BCUT2D eigenvalue weighted by molar-refractivity contribution is -0.143. The van der Waals surface area contributed by atoms with Crippen molar-refractivity contribution in [2.24, 2.45) is 5.92 Å². The smallest absolute Gasteiger partial charge is 0.306 e. The molecule has 24 heavy (non-hydrogen) atoms. The molecule has 1 atom stereocenters. The minimum Gasteiger partial charge on any atom is -0.481 e. The van der Waals surface area contributed by atoms with E-state index in [4.69, 9.17) is 23.2 Å². The molecule has 0 amide bonds. The Morgan fingerprint density at radius 3 is 2.50 bits per heavy atom. The highest BCUT2D eigenvalue weighted by Gasteiger charge is 2.31. The second-order valence-electron chi connectivity index (χ2n) is 6.17. The van der Waals surface area contributed by atoms with E-state index in [9.17, 15) is 9.90 Å². The molecule has 1 aliphatic heterocycles. The number of aryl methyl sites for hydroxylation is 1. The van der Waals surface area contributed by atoms with Crippen LogP contribution in [0.5, 0.6) is 0 Å². The predicted octanol–water partition coefficient (Wildman–Crippen LogP) is 5.25. The molecule has 2 heterocycles. The Labute approximate surface area is 155 Å². The van der Waals surface area contributed by atoms with Crippen LogP contribution in [0.4, 0.5) is 0 Å². The van der Waals surface area contributed by atoms with Crippen molar-refractivity contribution >= 4 is 40.5 Å². The Hall–Kier alpha value is -1.07. The minimum absolute atomic E-state index is 0.0446. The molecule has 1 aliphatic rings. The molecule has 2 aromatic rings. The van der Waals surface area contributed by atoms with E-state index in [0.29, 0.717) is 22.9 Å². The molecule has 1 unspecified atom stereocenters. The van der Waals surface area contributed by atoms with Crippen LogP contribution in [-0.4, -0.2) is 29.1 Å². The zero-order chi connectivity index (χ0) is 17.3. The largest absolute Gasteiger partial charge is 0.481 e. The van der Waals surface area contributed by atoms with Gasteiger partial charge < -0.3 is 5.11 Å². The number of hydrogen-bond donors (Lipinski definition) is 1. The van der Waals surface area contributed by atoms with Crippen LogP contribution >= 0.6 is 34.5 Å². The number of nitrogens with zero attached hydrogens (tertiary/aromatic N) is 1. The topological polar surface area (TPSA) is 40.5 Å². The average molecular weight is 384 g/mol. The first-order chi connectivity index (χ1) is 11.5. The molecule has 0 bridgehead atoms. The Morgan fingerprint density at radius 1 is 1.25 bits per heavy atom. The standard InChI is InChI=1S/C18H19Cl2NO2S/c1-11-2-5-16(24-11)17(14-4-3-13(19)10-15(14)20)21-8-6-12(7-9-21)18(22)23/h2-5,10,12,17H,6-9H2,1H3,(H,22,23). The second kappa shape index (κ2) is 7.44. The minimum atomic E-state index is -0.692. The van der Waals surface area contributed by atoms with Gasteiger partial charge in [0.1, 0.15) is 0 Å². The van der Waals surface area contributed by atoms with Gasteiger partial charge in [-0.15, -0.1) is 11.3 Å². The molecule has 3 nitrogen and oxygen atoms in total. The van der Waals surface area contributed by atoms with Crippen molar-refractivity contribution in [1.29, 1.82) is 0 Å². The van der Waals surface area contributed by atoms with E-state index in [2.05, 4.69) is 24.0 Å². The molecule has 6 heteroatoms. The number of likely N-dealkylation sites (tertiary alicyclic amines) is 1. The van der Waals surface area contributed by atoms with E-state index >= 15 is 0 Å².